The molecule has 1 nitrogen and oxygen atoms in total. The summed E-state index contributed by atoms with van der Waals surface area (Å²) in [5.41, 5.74) is 10.8. The Morgan fingerprint density at radius 3 is 2.47 bits per heavy atom. The monoisotopic (exact) mass is 275 g/mol. The third kappa shape index (κ3) is 2.21. The number of benzene rings is 1. The lowest BCUT2D eigenvalue weighted by atomic mass is 9.95. The van der Waals surface area contributed by atoms with Crippen molar-refractivity contribution in [1.82, 2.24) is 0 Å². The number of nitrogens with two attached hydrogens (primary N) is 1. The van der Waals surface area contributed by atoms with Crippen molar-refractivity contribution in [2.24, 2.45) is 5.73 Å². The van der Waals surface area contributed by atoms with Crippen molar-refractivity contribution >= 4 is 11.3 Å². The van der Waals surface area contributed by atoms with E-state index in [1.165, 1.54) is 34.6 Å². The van der Waals surface area contributed by atoms with Gasteiger partial charge in [0, 0.05) is 9.75 Å². The Balaban J connectivity index is 2.01. The van der Waals surface area contributed by atoms with Crippen LogP contribution in [-0.2, 0) is 12.8 Å². The first-order valence-corrected chi connectivity index (χ1v) is 7.51. The van der Waals surface area contributed by atoms with E-state index < -0.39 is 0 Å². The molecule has 1 atom stereocenters. The molecule has 1 aliphatic carbocycles. The Hall–Kier alpha value is -1.19. The van der Waals surface area contributed by atoms with Gasteiger partial charge in [-0.2, -0.15) is 0 Å². The van der Waals surface area contributed by atoms with Crippen LogP contribution in [0.4, 0.5) is 4.39 Å². The normalized spacial score (nSPS) is 15.6. The third-order valence-corrected chi connectivity index (χ3v) is 5.26. The van der Waals surface area contributed by atoms with Gasteiger partial charge in [-0.05, 0) is 73.6 Å². The summed E-state index contributed by atoms with van der Waals surface area (Å²) >= 11 is 1.83. The Morgan fingerprint density at radius 2 is 1.84 bits per heavy atom. The zero-order chi connectivity index (χ0) is 13.6. The van der Waals surface area contributed by atoms with Crippen LogP contribution in [0.5, 0.6) is 0 Å². The molecule has 19 heavy (non-hydrogen) atoms. The highest BCUT2D eigenvalue weighted by Gasteiger charge is 2.21. The van der Waals surface area contributed by atoms with Crippen molar-refractivity contribution in [3.63, 3.8) is 0 Å². The molecule has 0 aliphatic heterocycles. The van der Waals surface area contributed by atoms with E-state index in [9.17, 15) is 4.39 Å². The quantitative estimate of drug-likeness (QED) is 0.879. The number of rotatable bonds is 2. The first-order valence-electron chi connectivity index (χ1n) is 6.70. The molecule has 1 heterocycles. The standard InChI is InChI=1S/C16H18FNS/c1-9-6-12(17)7-10(2)15(9)16(18)14-8-11-4-3-5-13(11)19-14/h6-8,16H,3-5,18H2,1-2H3. The molecule has 100 valence electrons. The average molecular weight is 275 g/mol. The summed E-state index contributed by atoms with van der Waals surface area (Å²) in [5.74, 6) is -0.181. The van der Waals surface area contributed by atoms with E-state index in [4.69, 9.17) is 5.73 Å². The molecule has 0 amide bonds. The van der Waals surface area contributed by atoms with Crippen molar-refractivity contribution < 1.29 is 4.39 Å². The molecule has 1 aliphatic rings. The average Bonchev–Trinajstić information content (AvgIpc) is 2.86. The van der Waals surface area contributed by atoms with Crippen LogP contribution in [0.25, 0.3) is 0 Å². The maximum atomic E-state index is 13.4. The van der Waals surface area contributed by atoms with Crippen molar-refractivity contribution in [3.8, 4) is 0 Å². The van der Waals surface area contributed by atoms with Gasteiger partial charge in [0.1, 0.15) is 5.82 Å². The molecular formula is C16H18FNS. The van der Waals surface area contributed by atoms with Gasteiger partial charge < -0.3 is 5.73 Å². The molecule has 1 aromatic heterocycles. The van der Waals surface area contributed by atoms with Gasteiger partial charge in [-0.25, -0.2) is 4.39 Å². The number of thiophene rings is 1. The predicted molar refractivity (Wildman–Crippen MR) is 78.2 cm³/mol. The molecule has 0 bridgehead atoms. The van der Waals surface area contributed by atoms with E-state index in [0.717, 1.165) is 16.7 Å². The second-order valence-corrected chi connectivity index (χ2v) is 6.55. The summed E-state index contributed by atoms with van der Waals surface area (Å²) < 4.78 is 13.4. The lowest BCUT2D eigenvalue weighted by Gasteiger charge is -2.16. The molecule has 1 aromatic carbocycles. The van der Waals surface area contributed by atoms with E-state index in [-0.39, 0.29) is 11.9 Å². The minimum atomic E-state index is -0.181. The first kappa shape index (κ1) is 12.8. The highest BCUT2D eigenvalue weighted by atomic mass is 32.1. The first-order chi connectivity index (χ1) is 9.06. The predicted octanol–water partition coefficient (Wildman–Crippen LogP) is 4.04. The van der Waals surface area contributed by atoms with Gasteiger partial charge in [-0.3, -0.25) is 0 Å². The van der Waals surface area contributed by atoms with E-state index >= 15 is 0 Å². The molecule has 0 spiro atoms. The van der Waals surface area contributed by atoms with Gasteiger partial charge in [0.25, 0.3) is 0 Å². The SMILES string of the molecule is Cc1cc(F)cc(C)c1C(N)c1cc2c(s1)CCC2. The minimum Gasteiger partial charge on any atom is -0.320 e. The maximum absolute atomic E-state index is 13.4. The van der Waals surface area contributed by atoms with Crippen molar-refractivity contribution in [3.05, 3.63) is 56.0 Å². The molecule has 0 saturated carbocycles. The van der Waals surface area contributed by atoms with E-state index in [0.29, 0.717) is 0 Å². The smallest absolute Gasteiger partial charge is 0.123 e. The van der Waals surface area contributed by atoms with Gasteiger partial charge >= 0.3 is 0 Å². The second-order valence-electron chi connectivity index (χ2n) is 5.38. The second kappa shape index (κ2) is 4.73. The van der Waals surface area contributed by atoms with Crippen molar-refractivity contribution in [2.75, 3.05) is 0 Å². The molecule has 0 radical (unpaired) electrons. The maximum Gasteiger partial charge on any atom is 0.123 e. The van der Waals surface area contributed by atoms with Gasteiger partial charge in [-0.1, -0.05) is 0 Å². The van der Waals surface area contributed by atoms with E-state index in [2.05, 4.69) is 6.07 Å². The largest absolute Gasteiger partial charge is 0.320 e. The van der Waals surface area contributed by atoms with Crippen LogP contribution in [0, 0.1) is 19.7 Å². The molecule has 2 aromatic rings. The Kier molecular flexibility index (Phi) is 3.19. The Bertz CT molecular complexity index is 585. The minimum absolute atomic E-state index is 0.129. The summed E-state index contributed by atoms with van der Waals surface area (Å²) in [4.78, 5) is 2.70. The van der Waals surface area contributed by atoms with E-state index in [1.54, 1.807) is 12.1 Å². The number of aryl methyl sites for hydroxylation is 4. The van der Waals surface area contributed by atoms with Crippen LogP contribution >= 0.6 is 11.3 Å². The molecule has 0 saturated heterocycles. The van der Waals surface area contributed by atoms with Gasteiger partial charge in [-0.15, -0.1) is 11.3 Å². The van der Waals surface area contributed by atoms with Gasteiger partial charge in [0.15, 0.2) is 0 Å². The number of hydrogen-bond acceptors (Lipinski definition) is 2. The summed E-state index contributed by atoms with van der Waals surface area (Å²) in [5, 5.41) is 0. The van der Waals surface area contributed by atoms with Crippen molar-refractivity contribution in [2.45, 2.75) is 39.2 Å². The van der Waals surface area contributed by atoms with Gasteiger partial charge in [0.2, 0.25) is 0 Å². The fourth-order valence-corrected chi connectivity index (χ4v) is 4.33. The van der Waals surface area contributed by atoms with Crippen molar-refractivity contribution in [1.29, 1.82) is 0 Å². The summed E-state index contributed by atoms with van der Waals surface area (Å²) in [6.07, 6.45) is 3.64. The van der Waals surface area contributed by atoms with Crippen LogP contribution in [0.1, 0.15) is 44.5 Å². The Morgan fingerprint density at radius 1 is 1.16 bits per heavy atom. The molecule has 3 rings (SSSR count). The summed E-state index contributed by atoms with van der Waals surface area (Å²) in [6, 6.07) is 5.27. The fourth-order valence-electron chi connectivity index (χ4n) is 3.06. The van der Waals surface area contributed by atoms with Crippen LogP contribution in [-0.4, -0.2) is 0 Å². The topological polar surface area (TPSA) is 26.0 Å². The van der Waals surface area contributed by atoms with Crippen LogP contribution < -0.4 is 5.73 Å². The van der Waals surface area contributed by atoms with Crippen LogP contribution in [0.3, 0.4) is 0 Å². The Labute approximate surface area is 117 Å². The highest BCUT2D eigenvalue weighted by Crippen LogP contribution is 2.36. The summed E-state index contributed by atoms with van der Waals surface area (Å²) in [7, 11) is 0. The fraction of sp³-hybridized carbons (Fsp3) is 0.375. The lowest BCUT2D eigenvalue weighted by molar-refractivity contribution is 0.623. The molecule has 2 N–H and O–H groups in total. The summed E-state index contributed by atoms with van der Waals surface area (Å²) in [6.45, 7) is 3.87. The zero-order valence-electron chi connectivity index (χ0n) is 11.3. The molecular weight excluding hydrogens is 257 g/mol. The van der Waals surface area contributed by atoms with Crippen LogP contribution in [0.2, 0.25) is 0 Å². The zero-order valence-corrected chi connectivity index (χ0v) is 12.1. The van der Waals surface area contributed by atoms with E-state index in [1.807, 2.05) is 25.2 Å². The highest BCUT2D eigenvalue weighted by molar-refractivity contribution is 7.12. The molecule has 1 unspecified atom stereocenters. The third-order valence-electron chi connectivity index (χ3n) is 3.94. The molecule has 0 fully saturated rings. The van der Waals surface area contributed by atoms with Gasteiger partial charge in [0.05, 0.1) is 6.04 Å². The van der Waals surface area contributed by atoms with Crippen LogP contribution in [0.15, 0.2) is 18.2 Å². The molecule has 3 heteroatoms. The lowest BCUT2D eigenvalue weighted by Crippen LogP contribution is -2.14. The number of halogens is 1. The number of fused-ring (bicyclic) bond motifs is 1. The number of hydrogen-bond donors (Lipinski definition) is 1.